The summed E-state index contributed by atoms with van der Waals surface area (Å²) >= 11 is 3.33. The second kappa shape index (κ2) is 4.88. The predicted octanol–water partition coefficient (Wildman–Crippen LogP) is 1.84. The molecule has 0 aromatic carbocycles. The van der Waals surface area contributed by atoms with E-state index >= 15 is 0 Å². The maximum absolute atomic E-state index is 10.7. The molecule has 5 nitrogen and oxygen atoms in total. The Labute approximate surface area is 102 Å². The molecule has 0 saturated carbocycles. The van der Waals surface area contributed by atoms with E-state index in [4.69, 9.17) is 9.52 Å². The van der Waals surface area contributed by atoms with Crippen molar-refractivity contribution < 1.29 is 14.3 Å². The fourth-order valence-electron chi connectivity index (χ4n) is 1.75. The molecule has 1 aromatic heterocycles. The molecular formula is C10H13BrN2O3. The Bertz CT molecular complexity index is 372. The van der Waals surface area contributed by atoms with Gasteiger partial charge in [-0.2, -0.15) is 0 Å². The molecule has 0 aliphatic carbocycles. The Kier molecular flexibility index (Phi) is 3.50. The zero-order valence-electron chi connectivity index (χ0n) is 8.73. The van der Waals surface area contributed by atoms with Crippen molar-refractivity contribution in [3.8, 4) is 0 Å². The van der Waals surface area contributed by atoms with E-state index in [2.05, 4.69) is 20.8 Å². The summed E-state index contributed by atoms with van der Waals surface area (Å²) in [6.45, 7) is 3.38. The van der Waals surface area contributed by atoms with Gasteiger partial charge in [-0.05, 0) is 22.0 Å². The highest BCUT2D eigenvalue weighted by Crippen LogP contribution is 2.16. The highest BCUT2D eigenvalue weighted by Gasteiger charge is 2.20. The number of piperazine rings is 1. The van der Waals surface area contributed by atoms with Crippen LogP contribution < -0.4 is 0 Å². The van der Waals surface area contributed by atoms with Crippen molar-refractivity contribution in [3.05, 3.63) is 22.6 Å². The van der Waals surface area contributed by atoms with Crippen molar-refractivity contribution in [2.45, 2.75) is 6.54 Å². The standard InChI is InChI=1S/C10H13BrN2O3/c11-8-5-9(16-7-8)6-12-1-3-13(4-2-12)10(14)15/h5,7H,1-4,6H2,(H,14,15). The fraction of sp³-hybridized carbons (Fsp3) is 0.500. The molecule has 1 fully saturated rings. The number of carbonyl (C=O) groups is 1. The molecule has 0 atom stereocenters. The topological polar surface area (TPSA) is 56.9 Å². The molecule has 1 N–H and O–H groups in total. The first kappa shape index (κ1) is 11.5. The first-order chi connectivity index (χ1) is 7.65. The first-order valence-corrected chi connectivity index (χ1v) is 5.87. The summed E-state index contributed by atoms with van der Waals surface area (Å²) in [5.41, 5.74) is 0. The number of hydrogen-bond donors (Lipinski definition) is 1. The summed E-state index contributed by atoms with van der Waals surface area (Å²) in [6.07, 6.45) is 0.823. The molecule has 0 radical (unpaired) electrons. The van der Waals surface area contributed by atoms with Crippen LogP contribution in [0.2, 0.25) is 0 Å². The van der Waals surface area contributed by atoms with E-state index in [1.165, 1.54) is 4.90 Å². The Morgan fingerprint density at radius 2 is 2.12 bits per heavy atom. The Morgan fingerprint density at radius 3 is 2.62 bits per heavy atom. The molecule has 6 heteroatoms. The number of hydrogen-bond acceptors (Lipinski definition) is 3. The highest BCUT2D eigenvalue weighted by atomic mass is 79.9. The fourth-order valence-corrected chi connectivity index (χ4v) is 2.10. The zero-order valence-corrected chi connectivity index (χ0v) is 10.3. The summed E-state index contributed by atoms with van der Waals surface area (Å²) in [4.78, 5) is 14.3. The summed E-state index contributed by atoms with van der Waals surface area (Å²) in [5, 5.41) is 8.80. The third kappa shape index (κ3) is 2.76. The molecule has 1 aliphatic heterocycles. The van der Waals surface area contributed by atoms with Gasteiger partial charge in [-0.3, -0.25) is 4.90 Å². The monoisotopic (exact) mass is 288 g/mol. The summed E-state index contributed by atoms with van der Waals surface area (Å²) < 4.78 is 6.26. The van der Waals surface area contributed by atoms with E-state index < -0.39 is 6.09 Å². The molecular weight excluding hydrogens is 276 g/mol. The normalized spacial score (nSPS) is 17.7. The van der Waals surface area contributed by atoms with Crippen molar-refractivity contribution in [1.29, 1.82) is 0 Å². The van der Waals surface area contributed by atoms with Crippen LogP contribution >= 0.6 is 15.9 Å². The number of nitrogens with zero attached hydrogens (tertiary/aromatic N) is 2. The molecule has 1 aliphatic rings. The molecule has 2 heterocycles. The van der Waals surface area contributed by atoms with Gasteiger partial charge in [-0.15, -0.1) is 0 Å². The van der Waals surface area contributed by atoms with Gasteiger partial charge in [0.1, 0.15) is 12.0 Å². The number of rotatable bonds is 2. The third-order valence-electron chi connectivity index (χ3n) is 2.64. The zero-order chi connectivity index (χ0) is 11.5. The Balaban J connectivity index is 1.83. The molecule has 1 aromatic rings. The van der Waals surface area contributed by atoms with Crippen LogP contribution in [0.5, 0.6) is 0 Å². The lowest BCUT2D eigenvalue weighted by atomic mass is 10.3. The molecule has 88 valence electrons. The molecule has 0 unspecified atom stereocenters. The molecule has 16 heavy (non-hydrogen) atoms. The van der Waals surface area contributed by atoms with E-state index in [0.717, 1.165) is 29.9 Å². The van der Waals surface area contributed by atoms with E-state index in [1.54, 1.807) is 6.26 Å². The van der Waals surface area contributed by atoms with Gasteiger partial charge in [0.05, 0.1) is 11.0 Å². The molecule has 1 saturated heterocycles. The minimum atomic E-state index is -0.833. The van der Waals surface area contributed by atoms with E-state index in [9.17, 15) is 4.79 Å². The van der Waals surface area contributed by atoms with Crippen LogP contribution in [0.3, 0.4) is 0 Å². The summed E-state index contributed by atoms with van der Waals surface area (Å²) in [6, 6.07) is 1.93. The third-order valence-corrected chi connectivity index (χ3v) is 3.06. The van der Waals surface area contributed by atoms with Crippen molar-refractivity contribution in [2.24, 2.45) is 0 Å². The smallest absolute Gasteiger partial charge is 0.407 e. The van der Waals surface area contributed by atoms with Crippen molar-refractivity contribution >= 4 is 22.0 Å². The lowest BCUT2D eigenvalue weighted by Crippen LogP contribution is -2.47. The first-order valence-electron chi connectivity index (χ1n) is 5.08. The summed E-state index contributed by atoms with van der Waals surface area (Å²) in [5.74, 6) is 0.899. The van der Waals surface area contributed by atoms with Gasteiger partial charge in [0.2, 0.25) is 0 Å². The van der Waals surface area contributed by atoms with Crippen molar-refractivity contribution in [2.75, 3.05) is 26.2 Å². The second-order valence-electron chi connectivity index (χ2n) is 3.78. The number of amides is 1. The van der Waals surface area contributed by atoms with Gasteiger partial charge in [-0.25, -0.2) is 4.79 Å². The molecule has 1 amide bonds. The summed E-state index contributed by atoms with van der Waals surface area (Å²) in [7, 11) is 0. The van der Waals surface area contributed by atoms with Crippen molar-refractivity contribution in [1.82, 2.24) is 9.80 Å². The van der Waals surface area contributed by atoms with Crippen LogP contribution in [-0.4, -0.2) is 47.2 Å². The predicted molar refractivity (Wildman–Crippen MR) is 61.3 cm³/mol. The molecule has 2 rings (SSSR count). The lowest BCUT2D eigenvalue weighted by Gasteiger charge is -2.32. The molecule has 0 spiro atoms. The molecule has 0 bridgehead atoms. The number of furan rings is 1. The SMILES string of the molecule is O=C(O)N1CCN(Cc2cc(Br)co2)CC1. The van der Waals surface area contributed by atoms with E-state index in [1.807, 2.05) is 6.07 Å². The minimum absolute atomic E-state index is 0.567. The van der Waals surface area contributed by atoms with E-state index in [-0.39, 0.29) is 0 Å². The quantitative estimate of drug-likeness (QED) is 0.902. The van der Waals surface area contributed by atoms with Crippen LogP contribution in [0.25, 0.3) is 0 Å². The van der Waals surface area contributed by atoms with Gasteiger partial charge in [0, 0.05) is 26.2 Å². The lowest BCUT2D eigenvalue weighted by molar-refractivity contribution is 0.0998. The van der Waals surface area contributed by atoms with Crippen LogP contribution in [0, 0.1) is 0 Å². The highest BCUT2D eigenvalue weighted by molar-refractivity contribution is 9.10. The van der Waals surface area contributed by atoms with Crippen LogP contribution in [0.4, 0.5) is 4.79 Å². The van der Waals surface area contributed by atoms with E-state index in [0.29, 0.717) is 13.1 Å². The maximum atomic E-state index is 10.7. The van der Waals surface area contributed by atoms with Gasteiger partial charge in [-0.1, -0.05) is 0 Å². The Morgan fingerprint density at radius 1 is 1.44 bits per heavy atom. The average Bonchev–Trinajstić information content (AvgIpc) is 2.65. The number of carboxylic acid groups (broad SMARTS) is 1. The van der Waals surface area contributed by atoms with Gasteiger partial charge < -0.3 is 14.4 Å². The Hall–Kier alpha value is -1.01. The minimum Gasteiger partial charge on any atom is -0.467 e. The number of halogens is 1. The average molecular weight is 289 g/mol. The van der Waals surface area contributed by atoms with Crippen molar-refractivity contribution in [3.63, 3.8) is 0 Å². The maximum Gasteiger partial charge on any atom is 0.407 e. The van der Waals surface area contributed by atoms with Gasteiger partial charge in [0.25, 0.3) is 0 Å². The van der Waals surface area contributed by atoms with Crippen LogP contribution in [-0.2, 0) is 6.54 Å². The van der Waals surface area contributed by atoms with Gasteiger partial charge >= 0.3 is 6.09 Å². The van der Waals surface area contributed by atoms with Crippen LogP contribution in [0.1, 0.15) is 5.76 Å². The largest absolute Gasteiger partial charge is 0.467 e. The second-order valence-corrected chi connectivity index (χ2v) is 4.69. The van der Waals surface area contributed by atoms with Crippen LogP contribution in [0.15, 0.2) is 21.2 Å². The van der Waals surface area contributed by atoms with Gasteiger partial charge in [0.15, 0.2) is 0 Å².